The minimum atomic E-state index is 1.10. The molecule has 0 bridgehead atoms. The number of hydrogen-bond donors (Lipinski definition) is 0. The first kappa shape index (κ1) is 8.44. The number of benzene rings is 1. The van der Waals surface area contributed by atoms with Crippen molar-refractivity contribution in [1.29, 1.82) is 0 Å². The normalized spacial score (nSPS) is 10.5. The third-order valence-corrected chi connectivity index (χ3v) is 3.34. The highest BCUT2D eigenvalue weighted by Gasteiger charge is 2.00. The molecule has 3 heteroatoms. The second kappa shape index (κ2) is 3.30. The molecule has 1 aromatic carbocycles. The van der Waals surface area contributed by atoms with Gasteiger partial charge in [0.1, 0.15) is 0 Å². The van der Waals surface area contributed by atoms with E-state index in [1.807, 2.05) is 24.5 Å². The third kappa shape index (κ3) is 1.35. The maximum Gasteiger partial charge on any atom is 0.0358 e. The summed E-state index contributed by atoms with van der Waals surface area (Å²) >= 11 is 5.81. The molecule has 0 radical (unpaired) electrons. The number of pyridine rings is 1. The fourth-order valence-electron chi connectivity index (χ4n) is 1.12. The zero-order valence-corrected chi connectivity index (χ0v) is 9.83. The highest BCUT2D eigenvalue weighted by atomic mass is 127. The Morgan fingerprint density at radius 3 is 2.75 bits per heavy atom. The molecule has 0 N–H and O–H groups in total. The van der Waals surface area contributed by atoms with Gasteiger partial charge in [0.25, 0.3) is 0 Å². The zero-order valence-electron chi connectivity index (χ0n) is 6.09. The summed E-state index contributed by atoms with van der Waals surface area (Å²) < 4.78 is 2.36. The van der Waals surface area contributed by atoms with Crippen LogP contribution in [0.1, 0.15) is 0 Å². The summed E-state index contributed by atoms with van der Waals surface area (Å²) in [5.41, 5.74) is 0. The smallest absolute Gasteiger partial charge is 0.0358 e. The molecule has 2 rings (SSSR count). The minimum Gasteiger partial charge on any atom is -0.264 e. The van der Waals surface area contributed by atoms with Crippen LogP contribution in [0.3, 0.4) is 0 Å². The lowest BCUT2D eigenvalue weighted by molar-refractivity contribution is 1.36. The van der Waals surface area contributed by atoms with Gasteiger partial charge in [-0.2, -0.15) is 0 Å². The molecule has 0 unspecified atom stereocenters. The van der Waals surface area contributed by atoms with Gasteiger partial charge in [-0.25, -0.2) is 0 Å². The standard InChI is InChI=1S/C9H5BrIN/c10-8-1-2-9(11)6-3-4-12-5-7(6)8/h1-5H. The van der Waals surface area contributed by atoms with Crippen LogP contribution in [0.4, 0.5) is 0 Å². The molecule has 0 saturated carbocycles. The van der Waals surface area contributed by atoms with Crippen molar-refractivity contribution in [2.75, 3.05) is 0 Å². The topological polar surface area (TPSA) is 12.9 Å². The van der Waals surface area contributed by atoms with Crippen LogP contribution >= 0.6 is 38.5 Å². The SMILES string of the molecule is Brc1ccc(I)c2ccncc12. The van der Waals surface area contributed by atoms with E-state index in [0.717, 1.165) is 4.47 Å². The van der Waals surface area contributed by atoms with Gasteiger partial charge in [0.15, 0.2) is 0 Å². The summed E-state index contributed by atoms with van der Waals surface area (Å²) in [6, 6.07) is 6.17. The lowest BCUT2D eigenvalue weighted by Gasteiger charge is -2.00. The van der Waals surface area contributed by atoms with Gasteiger partial charge in [0, 0.05) is 25.8 Å². The summed E-state index contributed by atoms with van der Waals surface area (Å²) in [4.78, 5) is 4.08. The van der Waals surface area contributed by atoms with E-state index in [1.54, 1.807) is 0 Å². The predicted octanol–water partition coefficient (Wildman–Crippen LogP) is 3.60. The average molecular weight is 334 g/mol. The molecule has 0 fully saturated rings. The molecule has 0 amide bonds. The Balaban J connectivity index is 2.95. The van der Waals surface area contributed by atoms with Crippen LogP contribution in [0, 0.1) is 3.57 Å². The summed E-state index contributed by atoms with van der Waals surface area (Å²) in [7, 11) is 0. The maximum atomic E-state index is 4.08. The van der Waals surface area contributed by atoms with E-state index >= 15 is 0 Å². The van der Waals surface area contributed by atoms with Gasteiger partial charge in [-0.3, -0.25) is 4.98 Å². The molecule has 1 heterocycles. The van der Waals surface area contributed by atoms with E-state index in [9.17, 15) is 0 Å². The van der Waals surface area contributed by atoms with Crippen LogP contribution in [0.5, 0.6) is 0 Å². The van der Waals surface area contributed by atoms with Crippen LogP contribution in [-0.2, 0) is 0 Å². The summed E-state index contributed by atoms with van der Waals surface area (Å²) in [6.45, 7) is 0. The molecule has 1 aromatic heterocycles. The molecular formula is C9H5BrIN. The first-order chi connectivity index (χ1) is 5.79. The lowest BCUT2D eigenvalue weighted by atomic mass is 10.2. The highest BCUT2D eigenvalue weighted by molar-refractivity contribution is 14.1. The first-order valence-electron chi connectivity index (χ1n) is 3.47. The minimum absolute atomic E-state index is 1.10. The molecule has 2 aromatic rings. The Morgan fingerprint density at radius 1 is 1.17 bits per heavy atom. The molecule has 12 heavy (non-hydrogen) atoms. The fraction of sp³-hybridized carbons (Fsp3) is 0. The van der Waals surface area contributed by atoms with E-state index in [2.05, 4.69) is 49.6 Å². The second-order valence-corrected chi connectivity index (χ2v) is 4.47. The van der Waals surface area contributed by atoms with Crippen LogP contribution in [0.15, 0.2) is 35.1 Å². The Morgan fingerprint density at radius 2 is 2.00 bits per heavy atom. The van der Waals surface area contributed by atoms with E-state index in [0.29, 0.717) is 0 Å². The van der Waals surface area contributed by atoms with Crippen molar-refractivity contribution in [3.8, 4) is 0 Å². The van der Waals surface area contributed by atoms with Gasteiger partial charge in [0.05, 0.1) is 0 Å². The Hall–Kier alpha value is -0.160. The third-order valence-electron chi connectivity index (χ3n) is 1.71. The van der Waals surface area contributed by atoms with Gasteiger partial charge >= 0.3 is 0 Å². The van der Waals surface area contributed by atoms with Crippen LogP contribution in [0.2, 0.25) is 0 Å². The monoisotopic (exact) mass is 333 g/mol. The van der Waals surface area contributed by atoms with Gasteiger partial charge in [-0.15, -0.1) is 0 Å². The van der Waals surface area contributed by atoms with Gasteiger partial charge in [0.2, 0.25) is 0 Å². The molecule has 0 aliphatic rings. The van der Waals surface area contributed by atoms with Crippen LogP contribution in [0.25, 0.3) is 10.8 Å². The molecule has 0 atom stereocenters. The Bertz CT molecular complexity index is 387. The van der Waals surface area contributed by atoms with Crippen molar-refractivity contribution >= 4 is 49.3 Å². The van der Waals surface area contributed by atoms with Crippen molar-refractivity contribution in [3.63, 3.8) is 0 Å². The average Bonchev–Trinajstić information content (AvgIpc) is 2.12. The number of nitrogens with zero attached hydrogens (tertiary/aromatic N) is 1. The number of halogens is 2. The predicted molar refractivity (Wildman–Crippen MR) is 62.2 cm³/mol. The highest BCUT2D eigenvalue weighted by Crippen LogP contribution is 2.26. The van der Waals surface area contributed by atoms with Crippen molar-refractivity contribution in [1.82, 2.24) is 4.98 Å². The number of hydrogen-bond acceptors (Lipinski definition) is 1. The van der Waals surface area contributed by atoms with Crippen LogP contribution in [-0.4, -0.2) is 4.98 Å². The van der Waals surface area contributed by atoms with E-state index in [1.165, 1.54) is 14.3 Å². The second-order valence-electron chi connectivity index (χ2n) is 2.45. The van der Waals surface area contributed by atoms with Crippen molar-refractivity contribution in [2.45, 2.75) is 0 Å². The largest absolute Gasteiger partial charge is 0.264 e. The Labute approximate surface area is 92.5 Å². The molecule has 0 aliphatic heterocycles. The molecule has 0 spiro atoms. The van der Waals surface area contributed by atoms with E-state index in [4.69, 9.17) is 0 Å². The molecular weight excluding hydrogens is 329 g/mol. The van der Waals surface area contributed by atoms with Crippen molar-refractivity contribution in [2.24, 2.45) is 0 Å². The van der Waals surface area contributed by atoms with Crippen molar-refractivity contribution < 1.29 is 0 Å². The summed E-state index contributed by atoms with van der Waals surface area (Å²) in [5, 5.41) is 2.42. The van der Waals surface area contributed by atoms with Gasteiger partial charge < -0.3 is 0 Å². The van der Waals surface area contributed by atoms with Gasteiger partial charge in [-0.05, 0) is 46.2 Å². The molecule has 60 valence electrons. The summed E-state index contributed by atoms with van der Waals surface area (Å²) in [5.74, 6) is 0. The number of aromatic nitrogens is 1. The van der Waals surface area contributed by atoms with E-state index in [-0.39, 0.29) is 0 Å². The fourth-order valence-corrected chi connectivity index (χ4v) is 2.22. The van der Waals surface area contributed by atoms with E-state index < -0.39 is 0 Å². The van der Waals surface area contributed by atoms with Crippen LogP contribution < -0.4 is 0 Å². The Kier molecular flexibility index (Phi) is 2.32. The molecule has 0 aliphatic carbocycles. The van der Waals surface area contributed by atoms with Crippen molar-refractivity contribution in [3.05, 3.63) is 38.6 Å². The van der Waals surface area contributed by atoms with Gasteiger partial charge in [-0.1, -0.05) is 15.9 Å². The first-order valence-corrected chi connectivity index (χ1v) is 5.34. The molecule has 1 nitrogen and oxygen atoms in total. The zero-order chi connectivity index (χ0) is 8.55. The number of fused-ring (bicyclic) bond motifs is 1. The summed E-state index contributed by atoms with van der Waals surface area (Å²) in [6.07, 6.45) is 3.69. The lowest BCUT2D eigenvalue weighted by Crippen LogP contribution is -1.80. The molecule has 0 saturated heterocycles. The number of rotatable bonds is 0. The maximum absolute atomic E-state index is 4.08. The quantitative estimate of drug-likeness (QED) is 0.671.